The van der Waals surface area contributed by atoms with E-state index in [1.165, 1.54) is 68.6 Å². The molecule has 0 N–H and O–H groups in total. The van der Waals surface area contributed by atoms with Crippen molar-refractivity contribution in [2.24, 2.45) is 0 Å². The summed E-state index contributed by atoms with van der Waals surface area (Å²) in [6, 6.07) is 11.5. The molecule has 0 radical (unpaired) electrons. The Labute approximate surface area is 188 Å². The molecule has 0 spiro atoms. The molecule has 2 aliphatic heterocycles. The molecule has 3 heterocycles. The molecule has 0 aliphatic carbocycles. The van der Waals surface area contributed by atoms with Crippen molar-refractivity contribution >= 4 is 10.9 Å². The molecule has 0 amide bonds. The van der Waals surface area contributed by atoms with Crippen LogP contribution in [0.4, 0.5) is 0 Å². The largest absolute Gasteiger partial charge is 0.299 e. The Morgan fingerprint density at radius 2 is 1.77 bits per heavy atom. The summed E-state index contributed by atoms with van der Waals surface area (Å²) < 4.78 is 0. The normalized spacial score (nSPS) is 20.8. The lowest BCUT2D eigenvalue weighted by molar-refractivity contribution is 0.0589. The highest BCUT2D eigenvalue weighted by atomic mass is 15.3. The van der Waals surface area contributed by atoms with E-state index >= 15 is 0 Å². The van der Waals surface area contributed by atoms with E-state index in [0.29, 0.717) is 0 Å². The third kappa shape index (κ3) is 5.82. The molecule has 0 bridgehead atoms. The summed E-state index contributed by atoms with van der Waals surface area (Å²) in [5.74, 6) is 0. The van der Waals surface area contributed by atoms with Crippen LogP contribution in [0.15, 0.2) is 60.3 Å². The van der Waals surface area contributed by atoms with E-state index in [0.717, 1.165) is 31.1 Å². The van der Waals surface area contributed by atoms with Gasteiger partial charge in [-0.05, 0) is 62.5 Å². The van der Waals surface area contributed by atoms with Crippen molar-refractivity contribution in [2.45, 2.75) is 45.7 Å². The molecule has 2 aromatic rings. The van der Waals surface area contributed by atoms with Gasteiger partial charge >= 0.3 is 0 Å². The maximum atomic E-state index is 4.51. The van der Waals surface area contributed by atoms with Gasteiger partial charge in [0.2, 0.25) is 0 Å². The Bertz CT molecular complexity index is 882. The van der Waals surface area contributed by atoms with Gasteiger partial charge in [-0.15, -0.1) is 0 Å². The maximum absolute atomic E-state index is 4.51. The number of para-hydroxylation sites is 1. The molecule has 2 aliphatic rings. The molecule has 166 valence electrons. The van der Waals surface area contributed by atoms with Crippen LogP contribution >= 0.6 is 0 Å². The molecule has 4 heteroatoms. The van der Waals surface area contributed by atoms with Gasteiger partial charge in [-0.3, -0.25) is 19.7 Å². The van der Waals surface area contributed by atoms with Gasteiger partial charge in [0.05, 0.1) is 5.52 Å². The fourth-order valence-corrected chi connectivity index (χ4v) is 5.18. The molecular weight excluding hydrogens is 380 g/mol. The quantitative estimate of drug-likeness (QED) is 0.606. The Hall–Kier alpha value is -2.01. The van der Waals surface area contributed by atoms with Crippen LogP contribution in [-0.2, 0) is 6.54 Å². The minimum atomic E-state index is 0.764. The predicted molar refractivity (Wildman–Crippen MR) is 131 cm³/mol. The Morgan fingerprint density at radius 3 is 2.52 bits per heavy atom. The SMILES string of the molecule is C/C=C\C(=C/CC)CN1CCC(N2CCN(Cc3ccnc4ccccc34)CC2)CC1. The Kier molecular flexibility index (Phi) is 7.90. The molecule has 1 aromatic heterocycles. The molecule has 0 saturated carbocycles. The third-order valence-corrected chi connectivity index (χ3v) is 6.87. The van der Waals surface area contributed by atoms with Gasteiger partial charge in [-0.25, -0.2) is 0 Å². The van der Waals surface area contributed by atoms with Crippen molar-refractivity contribution in [3.63, 3.8) is 0 Å². The van der Waals surface area contributed by atoms with Crippen LogP contribution in [0, 0.1) is 0 Å². The van der Waals surface area contributed by atoms with E-state index in [9.17, 15) is 0 Å². The van der Waals surface area contributed by atoms with Gasteiger partial charge in [0, 0.05) is 56.9 Å². The lowest BCUT2D eigenvalue weighted by Crippen LogP contribution is -2.53. The average molecular weight is 419 g/mol. The van der Waals surface area contributed by atoms with Crippen molar-refractivity contribution in [1.29, 1.82) is 0 Å². The van der Waals surface area contributed by atoms with Crippen molar-refractivity contribution < 1.29 is 0 Å². The first kappa shape index (κ1) is 22.2. The highest BCUT2D eigenvalue weighted by Crippen LogP contribution is 2.22. The standard InChI is InChI=1S/C27H38N4/c1-3-7-23(8-4-2)21-29-15-12-25(13-16-29)31-19-17-30(18-20-31)22-24-11-14-28-27-10-6-5-9-26(24)27/h3,5-11,14,25H,4,12-13,15-22H2,1-2H3/b7-3-,23-8+. The van der Waals surface area contributed by atoms with Crippen LogP contribution in [0.25, 0.3) is 10.9 Å². The highest BCUT2D eigenvalue weighted by Gasteiger charge is 2.27. The summed E-state index contributed by atoms with van der Waals surface area (Å²) >= 11 is 0. The number of hydrogen-bond acceptors (Lipinski definition) is 4. The van der Waals surface area contributed by atoms with Crippen molar-refractivity contribution in [2.75, 3.05) is 45.8 Å². The second-order valence-corrected chi connectivity index (χ2v) is 8.99. The first-order chi connectivity index (χ1) is 15.3. The maximum Gasteiger partial charge on any atom is 0.0705 e. The average Bonchev–Trinajstić information content (AvgIpc) is 2.81. The minimum Gasteiger partial charge on any atom is -0.299 e. The topological polar surface area (TPSA) is 22.6 Å². The zero-order chi connectivity index (χ0) is 21.5. The minimum absolute atomic E-state index is 0.764. The number of likely N-dealkylation sites (tertiary alicyclic amines) is 1. The number of pyridine rings is 1. The van der Waals surface area contributed by atoms with Gasteiger partial charge in [-0.2, -0.15) is 0 Å². The van der Waals surface area contributed by atoms with Crippen LogP contribution in [0.3, 0.4) is 0 Å². The summed E-state index contributed by atoms with van der Waals surface area (Å²) in [6.07, 6.45) is 12.5. The summed E-state index contributed by atoms with van der Waals surface area (Å²) in [5, 5.41) is 1.30. The van der Waals surface area contributed by atoms with E-state index in [4.69, 9.17) is 0 Å². The number of fused-ring (bicyclic) bond motifs is 1. The molecule has 1 aromatic carbocycles. The van der Waals surface area contributed by atoms with Crippen LogP contribution in [-0.4, -0.2) is 71.5 Å². The van der Waals surface area contributed by atoms with Gasteiger partial charge in [0.25, 0.3) is 0 Å². The van der Waals surface area contributed by atoms with Gasteiger partial charge < -0.3 is 0 Å². The molecule has 4 nitrogen and oxygen atoms in total. The fourth-order valence-electron chi connectivity index (χ4n) is 5.18. The van der Waals surface area contributed by atoms with Crippen LogP contribution < -0.4 is 0 Å². The number of nitrogens with zero attached hydrogens (tertiary/aromatic N) is 4. The zero-order valence-corrected chi connectivity index (χ0v) is 19.3. The number of allylic oxidation sites excluding steroid dienone is 2. The summed E-state index contributed by atoms with van der Waals surface area (Å²) in [4.78, 5) is 12.5. The van der Waals surface area contributed by atoms with Crippen LogP contribution in [0.1, 0.15) is 38.7 Å². The molecular formula is C27H38N4. The van der Waals surface area contributed by atoms with Gasteiger partial charge in [0.15, 0.2) is 0 Å². The monoisotopic (exact) mass is 418 g/mol. The summed E-state index contributed by atoms with van der Waals surface area (Å²) in [6.45, 7) is 13.7. The molecule has 0 atom stereocenters. The molecule has 0 unspecified atom stereocenters. The second kappa shape index (κ2) is 11.0. The molecule has 31 heavy (non-hydrogen) atoms. The first-order valence-electron chi connectivity index (χ1n) is 12.1. The molecule has 4 rings (SSSR count). The van der Waals surface area contributed by atoms with E-state index in [-0.39, 0.29) is 0 Å². The fraction of sp³-hybridized carbons (Fsp3) is 0.519. The number of rotatable bonds is 7. The van der Waals surface area contributed by atoms with Crippen LogP contribution in [0.2, 0.25) is 0 Å². The third-order valence-electron chi connectivity index (χ3n) is 6.87. The van der Waals surface area contributed by atoms with Crippen molar-refractivity contribution in [1.82, 2.24) is 19.7 Å². The van der Waals surface area contributed by atoms with E-state index in [1.807, 2.05) is 6.20 Å². The number of hydrogen-bond donors (Lipinski definition) is 0. The number of piperidine rings is 1. The van der Waals surface area contributed by atoms with Crippen molar-refractivity contribution in [3.8, 4) is 0 Å². The zero-order valence-electron chi connectivity index (χ0n) is 19.3. The molecule has 2 fully saturated rings. The number of piperazine rings is 1. The molecule has 2 saturated heterocycles. The number of benzene rings is 1. The van der Waals surface area contributed by atoms with Crippen LogP contribution in [0.5, 0.6) is 0 Å². The lowest BCUT2D eigenvalue weighted by atomic mass is 10.0. The predicted octanol–water partition coefficient (Wildman–Crippen LogP) is 4.73. The number of aromatic nitrogens is 1. The van der Waals surface area contributed by atoms with Gasteiger partial charge in [-0.1, -0.05) is 43.4 Å². The Balaban J connectivity index is 1.25. The highest BCUT2D eigenvalue weighted by molar-refractivity contribution is 5.81. The van der Waals surface area contributed by atoms with E-state index in [1.54, 1.807) is 0 Å². The summed E-state index contributed by atoms with van der Waals surface area (Å²) in [5.41, 5.74) is 3.99. The van der Waals surface area contributed by atoms with Gasteiger partial charge in [0.1, 0.15) is 0 Å². The second-order valence-electron chi connectivity index (χ2n) is 8.99. The van der Waals surface area contributed by atoms with E-state index in [2.05, 4.69) is 82.1 Å². The smallest absolute Gasteiger partial charge is 0.0705 e. The Morgan fingerprint density at radius 1 is 1.00 bits per heavy atom. The summed E-state index contributed by atoms with van der Waals surface area (Å²) in [7, 11) is 0. The van der Waals surface area contributed by atoms with E-state index < -0.39 is 0 Å². The first-order valence-corrected chi connectivity index (χ1v) is 12.1. The lowest BCUT2D eigenvalue weighted by Gasteiger charge is -2.43. The van der Waals surface area contributed by atoms with Crippen molar-refractivity contribution in [3.05, 3.63) is 65.9 Å².